The van der Waals surface area contributed by atoms with Crippen LogP contribution in [-0.2, 0) is 7.05 Å². The van der Waals surface area contributed by atoms with Crippen molar-refractivity contribution in [2.75, 3.05) is 13.2 Å². The second-order valence-corrected chi connectivity index (χ2v) is 6.14. The highest BCUT2D eigenvalue weighted by atomic mass is 79.9. The Morgan fingerprint density at radius 3 is 2.50 bits per heavy atom. The van der Waals surface area contributed by atoms with Crippen molar-refractivity contribution in [2.24, 2.45) is 7.05 Å². The van der Waals surface area contributed by atoms with Gasteiger partial charge in [0.2, 0.25) is 0 Å². The van der Waals surface area contributed by atoms with E-state index in [0.29, 0.717) is 13.2 Å². The van der Waals surface area contributed by atoms with E-state index < -0.39 is 0 Å². The van der Waals surface area contributed by atoms with Crippen molar-refractivity contribution < 1.29 is 9.47 Å². The molecule has 0 saturated heterocycles. The standard InChI is InChI=1S/C14H18BrN5O2/c1-8(16-9(2)14-17-18-19-20(14)3)10-6-12-13(7-11(10)15)22-5-4-21-12/h6-9,16H,4-5H2,1-3H3. The van der Waals surface area contributed by atoms with Crippen LogP contribution in [0.15, 0.2) is 16.6 Å². The van der Waals surface area contributed by atoms with Gasteiger partial charge >= 0.3 is 0 Å². The highest BCUT2D eigenvalue weighted by Gasteiger charge is 2.21. The molecular formula is C14H18BrN5O2. The molecule has 7 nitrogen and oxygen atoms in total. The topological polar surface area (TPSA) is 74.1 Å². The monoisotopic (exact) mass is 367 g/mol. The number of benzene rings is 1. The Balaban J connectivity index is 1.80. The van der Waals surface area contributed by atoms with Gasteiger partial charge < -0.3 is 14.8 Å². The number of ether oxygens (including phenoxy) is 2. The minimum absolute atomic E-state index is 0.0232. The van der Waals surface area contributed by atoms with Crippen molar-refractivity contribution in [1.29, 1.82) is 0 Å². The molecule has 0 aliphatic carbocycles. The molecule has 1 aromatic heterocycles. The lowest BCUT2D eigenvalue weighted by Gasteiger charge is -2.24. The molecule has 0 bridgehead atoms. The predicted octanol–water partition coefficient (Wildman–Crippen LogP) is 2.16. The quantitative estimate of drug-likeness (QED) is 0.892. The second kappa shape index (κ2) is 6.21. The number of aromatic nitrogens is 4. The number of hydrogen-bond donors (Lipinski definition) is 1. The van der Waals surface area contributed by atoms with E-state index in [0.717, 1.165) is 27.4 Å². The van der Waals surface area contributed by atoms with Crippen LogP contribution in [0.5, 0.6) is 11.5 Å². The zero-order valence-electron chi connectivity index (χ0n) is 12.7. The summed E-state index contributed by atoms with van der Waals surface area (Å²) in [5, 5.41) is 15.1. The Hall–Kier alpha value is -1.67. The molecule has 0 radical (unpaired) electrons. The third kappa shape index (κ3) is 2.93. The summed E-state index contributed by atoms with van der Waals surface area (Å²) < 4.78 is 13.9. The molecule has 1 aliphatic heterocycles. The Kier molecular flexibility index (Phi) is 4.30. The first-order valence-corrected chi connectivity index (χ1v) is 7.93. The van der Waals surface area contributed by atoms with Crippen molar-refractivity contribution in [1.82, 2.24) is 25.5 Å². The van der Waals surface area contributed by atoms with Gasteiger partial charge in [-0.1, -0.05) is 15.9 Å². The molecule has 0 fully saturated rings. The van der Waals surface area contributed by atoms with Crippen LogP contribution in [0.2, 0.25) is 0 Å². The van der Waals surface area contributed by atoms with Crippen molar-refractivity contribution in [3.63, 3.8) is 0 Å². The number of nitrogens with one attached hydrogen (secondary N) is 1. The SMILES string of the molecule is CC(NC(C)c1nnnn1C)c1cc2c(cc1Br)OCCO2. The van der Waals surface area contributed by atoms with Gasteiger partial charge in [-0.2, -0.15) is 0 Å². The summed E-state index contributed by atoms with van der Waals surface area (Å²) in [6, 6.07) is 4.08. The van der Waals surface area contributed by atoms with Crippen LogP contribution < -0.4 is 14.8 Å². The summed E-state index contributed by atoms with van der Waals surface area (Å²) in [6.07, 6.45) is 0. The highest BCUT2D eigenvalue weighted by molar-refractivity contribution is 9.10. The fourth-order valence-electron chi connectivity index (χ4n) is 2.55. The van der Waals surface area contributed by atoms with Gasteiger partial charge in [-0.3, -0.25) is 0 Å². The maximum atomic E-state index is 5.66. The van der Waals surface area contributed by atoms with Gasteiger partial charge in [0.05, 0.1) is 6.04 Å². The minimum Gasteiger partial charge on any atom is -0.486 e. The van der Waals surface area contributed by atoms with E-state index in [4.69, 9.17) is 9.47 Å². The van der Waals surface area contributed by atoms with E-state index in [1.807, 2.05) is 26.1 Å². The number of aryl methyl sites for hydroxylation is 1. The number of hydrogen-bond acceptors (Lipinski definition) is 6. The average molecular weight is 368 g/mol. The molecule has 3 rings (SSSR count). The number of tetrazole rings is 1. The fourth-order valence-corrected chi connectivity index (χ4v) is 3.22. The Morgan fingerprint density at radius 2 is 1.86 bits per heavy atom. The molecule has 118 valence electrons. The summed E-state index contributed by atoms with van der Waals surface area (Å²) in [5.41, 5.74) is 1.10. The van der Waals surface area contributed by atoms with Gasteiger partial charge in [0.1, 0.15) is 13.2 Å². The molecule has 8 heteroatoms. The zero-order chi connectivity index (χ0) is 15.7. The van der Waals surface area contributed by atoms with E-state index in [2.05, 4.69) is 43.7 Å². The van der Waals surface area contributed by atoms with E-state index in [1.54, 1.807) is 4.68 Å². The van der Waals surface area contributed by atoms with E-state index >= 15 is 0 Å². The molecule has 1 aromatic carbocycles. The molecule has 22 heavy (non-hydrogen) atoms. The van der Waals surface area contributed by atoms with Crippen molar-refractivity contribution >= 4 is 15.9 Å². The predicted molar refractivity (Wildman–Crippen MR) is 83.9 cm³/mol. The van der Waals surface area contributed by atoms with Crippen molar-refractivity contribution in [3.8, 4) is 11.5 Å². The summed E-state index contributed by atoms with van der Waals surface area (Å²) in [6.45, 7) is 5.30. The van der Waals surface area contributed by atoms with Crippen LogP contribution in [0.25, 0.3) is 0 Å². The second-order valence-electron chi connectivity index (χ2n) is 5.29. The van der Waals surface area contributed by atoms with Crippen molar-refractivity contribution in [2.45, 2.75) is 25.9 Å². The van der Waals surface area contributed by atoms with E-state index in [9.17, 15) is 0 Å². The lowest BCUT2D eigenvalue weighted by Crippen LogP contribution is -2.25. The molecule has 1 N–H and O–H groups in total. The Bertz CT molecular complexity index is 675. The largest absolute Gasteiger partial charge is 0.486 e. The highest BCUT2D eigenvalue weighted by Crippen LogP contribution is 2.38. The first kappa shape index (κ1) is 15.2. The zero-order valence-corrected chi connectivity index (χ0v) is 14.3. The maximum Gasteiger partial charge on any atom is 0.167 e. The van der Waals surface area contributed by atoms with Crippen LogP contribution in [0.4, 0.5) is 0 Å². The number of halogens is 1. The minimum atomic E-state index is 0.0232. The Labute approximate surface area is 137 Å². The first-order valence-electron chi connectivity index (χ1n) is 7.13. The molecular weight excluding hydrogens is 350 g/mol. The third-order valence-corrected chi connectivity index (χ3v) is 4.35. The molecule has 2 aromatic rings. The maximum absolute atomic E-state index is 5.66. The van der Waals surface area contributed by atoms with Crippen LogP contribution in [0, 0.1) is 0 Å². The average Bonchev–Trinajstić information content (AvgIpc) is 2.92. The smallest absolute Gasteiger partial charge is 0.167 e. The summed E-state index contributed by atoms with van der Waals surface area (Å²) in [4.78, 5) is 0. The van der Waals surface area contributed by atoms with Crippen LogP contribution in [0.1, 0.15) is 37.3 Å². The lowest BCUT2D eigenvalue weighted by molar-refractivity contribution is 0.171. The fraction of sp³-hybridized carbons (Fsp3) is 0.500. The molecule has 1 aliphatic rings. The summed E-state index contributed by atoms with van der Waals surface area (Å²) in [7, 11) is 1.83. The lowest BCUT2D eigenvalue weighted by atomic mass is 10.1. The number of fused-ring (bicyclic) bond motifs is 1. The van der Waals surface area contributed by atoms with Crippen molar-refractivity contribution in [3.05, 3.63) is 28.0 Å². The third-order valence-electron chi connectivity index (χ3n) is 3.67. The van der Waals surface area contributed by atoms with E-state index in [1.165, 1.54) is 0 Å². The first-order chi connectivity index (χ1) is 10.6. The van der Waals surface area contributed by atoms with Gasteiger partial charge in [-0.15, -0.1) is 5.10 Å². The van der Waals surface area contributed by atoms with Gasteiger partial charge in [-0.25, -0.2) is 4.68 Å². The van der Waals surface area contributed by atoms with Crippen LogP contribution in [-0.4, -0.2) is 33.4 Å². The normalized spacial score (nSPS) is 16.4. The van der Waals surface area contributed by atoms with Gasteiger partial charge in [0.15, 0.2) is 17.3 Å². The molecule has 2 atom stereocenters. The van der Waals surface area contributed by atoms with Gasteiger partial charge in [0, 0.05) is 17.6 Å². The van der Waals surface area contributed by atoms with Gasteiger partial charge in [-0.05, 0) is 42.0 Å². The van der Waals surface area contributed by atoms with Crippen LogP contribution in [0.3, 0.4) is 0 Å². The molecule has 2 unspecified atom stereocenters. The van der Waals surface area contributed by atoms with E-state index in [-0.39, 0.29) is 12.1 Å². The Morgan fingerprint density at radius 1 is 1.18 bits per heavy atom. The van der Waals surface area contributed by atoms with Crippen LogP contribution >= 0.6 is 15.9 Å². The molecule has 0 amide bonds. The van der Waals surface area contributed by atoms with Gasteiger partial charge in [0.25, 0.3) is 0 Å². The summed E-state index contributed by atoms with van der Waals surface area (Å²) >= 11 is 3.61. The molecule has 0 saturated carbocycles. The number of nitrogens with zero attached hydrogens (tertiary/aromatic N) is 4. The number of rotatable bonds is 4. The summed E-state index contributed by atoms with van der Waals surface area (Å²) in [5.74, 6) is 2.35. The molecule has 0 spiro atoms. The molecule has 2 heterocycles.